The summed E-state index contributed by atoms with van der Waals surface area (Å²) in [6.45, 7) is 3.66. The molecule has 26 heavy (non-hydrogen) atoms. The van der Waals surface area contributed by atoms with Gasteiger partial charge in [0, 0.05) is 0 Å². The molecule has 0 radical (unpaired) electrons. The molecule has 1 heterocycles. The summed E-state index contributed by atoms with van der Waals surface area (Å²) in [5.74, 6) is -2.15. The zero-order valence-electron chi connectivity index (χ0n) is 14.6. The van der Waals surface area contributed by atoms with Crippen LogP contribution in [0.2, 0.25) is 0 Å². The number of carbonyl (C=O) groups is 3. The number of carbonyl (C=O) groups excluding carboxylic acids is 2. The SMILES string of the molecule is CC[C@@H](C)[C@H](C(=O)O)N1C(=O)/C(=C/c2ccc(C(=O)OC)cc2)SC1=S. The van der Waals surface area contributed by atoms with E-state index in [0.717, 1.165) is 11.8 Å². The number of methoxy groups -OCH3 is 1. The number of thioether (sulfide) groups is 1. The van der Waals surface area contributed by atoms with Crippen LogP contribution in [0.5, 0.6) is 0 Å². The topological polar surface area (TPSA) is 83.9 Å². The summed E-state index contributed by atoms with van der Waals surface area (Å²) in [5.41, 5.74) is 1.11. The first-order chi connectivity index (χ1) is 12.3. The Morgan fingerprint density at radius 1 is 1.35 bits per heavy atom. The molecule has 1 aromatic carbocycles. The fourth-order valence-corrected chi connectivity index (χ4v) is 3.87. The maximum atomic E-state index is 12.7. The van der Waals surface area contributed by atoms with Crippen LogP contribution in [0.25, 0.3) is 6.08 Å². The predicted octanol–water partition coefficient (Wildman–Crippen LogP) is 3.17. The van der Waals surface area contributed by atoms with Crippen LogP contribution in [0.15, 0.2) is 29.2 Å². The van der Waals surface area contributed by atoms with Crippen molar-refractivity contribution < 1.29 is 24.2 Å². The van der Waals surface area contributed by atoms with Crippen LogP contribution in [0.4, 0.5) is 0 Å². The molecular formula is C18H19NO5S2. The molecule has 1 fully saturated rings. The van der Waals surface area contributed by atoms with Crippen LogP contribution in [0, 0.1) is 5.92 Å². The summed E-state index contributed by atoms with van der Waals surface area (Å²) in [7, 11) is 1.30. The third-order valence-corrected chi connectivity index (χ3v) is 5.50. The largest absolute Gasteiger partial charge is 0.480 e. The minimum atomic E-state index is -1.07. The van der Waals surface area contributed by atoms with Gasteiger partial charge in [-0.25, -0.2) is 9.59 Å². The number of amides is 1. The number of benzene rings is 1. The quantitative estimate of drug-likeness (QED) is 0.451. The van der Waals surface area contributed by atoms with Crippen LogP contribution < -0.4 is 0 Å². The van der Waals surface area contributed by atoms with Gasteiger partial charge in [-0.2, -0.15) is 0 Å². The number of esters is 1. The zero-order chi connectivity index (χ0) is 19.4. The van der Waals surface area contributed by atoms with Gasteiger partial charge < -0.3 is 9.84 Å². The Hall–Kier alpha value is -2.19. The minimum absolute atomic E-state index is 0.228. The fourth-order valence-electron chi connectivity index (χ4n) is 2.54. The number of thiocarbonyl (C=S) groups is 1. The van der Waals surface area contributed by atoms with Gasteiger partial charge in [-0.05, 0) is 29.7 Å². The number of hydrogen-bond donors (Lipinski definition) is 1. The van der Waals surface area contributed by atoms with Gasteiger partial charge in [0.2, 0.25) is 0 Å². The summed E-state index contributed by atoms with van der Waals surface area (Å²) in [6, 6.07) is 5.57. The van der Waals surface area contributed by atoms with E-state index in [1.54, 1.807) is 37.3 Å². The number of hydrogen-bond acceptors (Lipinski definition) is 6. The van der Waals surface area contributed by atoms with Crippen molar-refractivity contribution >= 4 is 52.2 Å². The van der Waals surface area contributed by atoms with Gasteiger partial charge in [-0.3, -0.25) is 9.69 Å². The van der Waals surface area contributed by atoms with E-state index in [0.29, 0.717) is 22.5 Å². The standard InChI is InChI=1S/C18H19NO5S2/c1-4-10(2)14(16(21)22)19-15(20)13(26-18(19)25)9-11-5-7-12(8-6-11)17(23)24-3/h5-10,14H,4H2,1-3H3,(H,21,22)/b13-9-/t10-,14-/m1/s1. The third-order valence-electron chi connectivity index (χ3n) is 4.17. The van der Waals surface area contributed by atoms with Crippen molar-refractivity contribution in [1.82, 2.24) is 4.90 Å². The Balaban J connectivity index is 2.28. The maximum absolute atomic E-state index is 12.7. The minimum Gasteiger partial charge on any atom is -0.480 e. The fraction of sp³-hybridized carbons (Fsp3) is 0.333. The summed E-state index contributed by atoms with van der Waals surface area (Å²) in [4.78, 5) is 37.4. The molecule has 1 aliphatic heterocycles. The van der Waals surface area contributed by atoms with Gasteiger partial charge in [0.25, 0.3) is 5.91 Å². The van der Waals surface area contributed by atoms with Crippen molar-refractivity contribution in [2.45, 2.75) is 26.3 Å². The number of nitrogens with zero attached hydrogens (tertiary/aromatic N) is 1. The highest BCUT2D eigenvalue weighted by molar-refractivity contribution is 8.26. The van der Waals surface area contributed by atoms with Crippen LogP contribution >= 0.6 is 24.0 Å². The molecule has 8 heteroatoms. The van der Waals surface area contributed by atoms with E-state index in [9.17, 15) is 19.5 Å². The average Bonchev–Trinajstić information content (AvgIpc) is 2.89. The first-order valence-corrected chi connectivity index (χ1v) is 9.20. The molecule has 1 amide bonds. The molecular weight excluding hydrogens is 374 g/mol. The second-order valence-electron chi connectivity index (χ2n) is 5.83. The molecule has 0 spiro atoms. The van der Waals surface area contributed by atoms with Crippen molar-refractivity contribution in [3.05, 3.63) is 40.3 Å². The molecule has 1 aromatic rings. The van der Waals surface area contributed by atoms with Gasteiger partial charge in [0.05, 0.1) is 17.6 Å². The highest BCUT2D eigenvalue weighted by Crippen LogP contribution is 2.36. The lowest BCUT2D eigenvalue weighted by Gasteiger charge is -2.27. The highest BCUT2D eigenvalue weighted by Gasteiger charge is 2.42. The highest BCUT2D eigenvalue weighted by atomic mass is 32.2. The van der Waals surface area contributed by atoms with E-state index in [1.807, 2.05) is 6.92 Å². The van der Waals surface area contributed by atoms with E-state index in [-0.39, 0.29) is 10.2 Å². The van der Waals surface area contributed by atoms with Crippen molar-refractivity contribution in [3.63, 3.8) is 0 Å². The van der Waals surface area contributed by atoms with Crippen molar-refractivity contribution in [2.75, 3.05) is 7.11 Å². The van der Waals surface area contributed by atoms with Crippen LogP contribution in [0.1, 0.15) is 36.2 Å². The van der Waals surface area contributed by atoms with E-state index < -0.39 is 23.9 Å². The average molecular weight is 393 g/mol. The second kappa shape index (κ2) is 8.46. The third kappa shape index (κ3) is 4.13. The predicted molar refractivity (Wildman–Crippen MR) is 104 cm³/mol. The van der Waals surface area contributed by atoms with E-state index >= 15 is 0 Å². The van der Waals surface area contributed by atoms with E-state index in [1.165, 1.54) is 12.0 Å². The van der Waals surface area contributed by atoms with E-state index in [4.69, 9.17) is 12.2 Å². The number of rotatable bonds is 6. The summed E-state index contributed by atoms with van der Waals surface area (Å²) in [5, 5.41) is 9.53. The summed E-state index contributed by atoms with van der Waals surface area (Å²) < 4.78 is 4.88. The Morgan fingerprint density at radius 3 is 2.46 bits per heavy atom. The van der Waals surface area contributed by atoms with Gasteiger partial charge in [0.15, 0.2) is 0 Å². The van der Waals surface area contributed by atoms with Gasteiger partial charge >= 0.3 is 11.9 Å². The smallest absolute Gasteiger partial charge is 0.337 e. The molecule has 1 aliphatic rings. The Labute approximate surface area is 161 Å². The first kappa shape index (κ1) is 20.1. The molecule has 0 aromatic heterocycles. The molecule has 2 rings (SSSR count). The molecule has 0 unspecified atom stereocenters. The number of carboxylic acids is 1. The van der Waals surface area contributed by atoms with Crippen LogP contribution in [0.3, 0.4) is 0 Å². The normalized spacial score (nSPS) is 18.1. The van der Waals surface area contributed by atoms with Gasteiger partial charge in [-0.15, -0.1) is 0 Å². The lowest BCUT2D eigenvalue weighted by atomic mass is 9.98. The maximum Gasteiger partial charge on any atom is 0.337 e. The van der Waals surface area contributed by atoms with Crippen molar-refractivity contribution in [2.24, 2.45) is 5.92 Å². The Kier molecular flexibility index (Phi) is 6.55. The molecule has 1 N–H and O–H groups in total. The Morgan fingerprint density at radius 2 is 1.96 bits per heavy atom. The second-order valence-corrected chi connectivity index (χ2v) is 7.51. The summed E-state index contributed by atoms with van der Waals surface area (Å²) in [6.07, 6.45) is 2.25. The number of ether oxygens (including phenoxy) is 1. The molecule has 138 valence electrons. The van der Waals surface area contributed by atoms with Gasteiger partial charge in [0.1, 0.15) is 10.4 Å². The molecule has 2 atom stereocenters. The molecule has 0 saturated carbocycles. The van der Waals surface area contributed by atoms with Crippen LogP contribution in [-0.4, -0.2) is 45.3 Å². The molecule has 6 nitrogen and oxygen atoms in total. The molecule has 0 aliphatic carbocycles. The molecule has 1 saturated heterocycles. The Bertz CT molecular complexity index is 772. The monoisotopic (exact) mass is 393 g/mol. The van der Waals surface area contributed by atoms with Crippen molar-refractivity contribution in [3.8, 4) is 0 Å². The zero-order valence-corrected chi connectivity index (χ0v) is 16.2. The summed E-state index contributed by atoms with van der Waals surface area (Å²) >= 11 is 6.33. The van der Waals surface area contributed by atoms with Gasteiger partial charge in [-0.1, -0.05) is 56.4 Å². The number of aliphatic carboxylic acids is 1. The van der Waals surface area contributed by atoms with Crippen molar-refractivity contribution in [1.29, 1.82) is 0 Å². The lowest BCUT2D eigenvalue weighted by molar-refractivity contribution is -0.147. The number of carboxylic acid groups (broad SMARTS) is 1. The lowest BCUT2D eigenvalue weighted by Crippen LogP contribution is -2.47. The van der Waals surface area contributed by atoms with Crippen LogP contribution in [-0.2, 0) is 14.3 Å². The first-order valence-electron chi connectivity index (χ1n) is 7.98. The van der Waals surface area contributed by atoms with E-state index in [2.05, 4.69) is 4.74 Å². The molecule has 0 bridgehead atoms.